The molecule has 0 spiro atoms. The molecule has 0 radical (unpaired) electrons. The summed E-state index contributed by atoms with van der Waals surface area (Å²) in [5, 5.41) is 11.3. The van der Waals surface area contributed by atoms with E-state index in [-0.39, 0.29) is 6.42 Å². The van der Waals surface area contributed by atoms with Crippen LogP contribution >= 0.6 is 0 Å². The zero-order valence-corrected chi connectivity index (χ0v) is 14.3. The van der Waals surface area contributed by atoms with Gasteiger partial charge in [0.2, 0.25) is 0 Å². The van der Waals surface area contributed by atoms with Crippen molar-refractivity contribution >= 4 is 12.1 Å². The Morgan fingerprint density at radius 3 is 2.33 bits per heavy atom. The number of carbonyl (C=O) groups is 2. The van der Waals surface area contributed by atoms with E-state index >= 15 is 0 Å². The standard InChI is InChI=1S/C17H25NO6/c1-17(2,3)24-16(21)18-8-9-22-10-11-23-14-6-4-13(5-7-14)12-15(19)20/h4-7H,8-12H2,1-3H3,(H,18,21)(H,19,20). The van der Waals surface area contributed by atoms with E-state index in [1.807, 2.05) is 0 Å². The zero-order chi connectivity index (χ0) is 18.0. The summed E-state index contributed by atoms with van der Waals surface area (Å²) in [6, 6.07) is 6.88. The van der Waals surface area contributed by atoms with Gasteiger partial charge in [0, 0.05) is 6.54 Å². The first-order chi connectivity index (χ1) is 11.3. The van der Waals surface area contributed by atoms with Crippen LogP contribution in [0.25, 0.3) is 0 Å². The zero-order valence-electron chi connectivity index (χ0n) is 14.3. The molecule has 0 bridgehead atoms. The van der Waals surface area contributed by atoms with Crippen LogP contribution in [-0.4, -0.2) is 49.1 Å². The average Bonchev–Trinajstić information content (AvgIpc) is 2.45. The summed E-state index contributed by atoms with van der Waals surface area (Å²) in [7, 11) is 0. The third kappa shape index (κ3) is 9.68. The summed E-state index contributed by atoms with van der Waals surface area (Å²) in [6.07, 6.45) is -0.475. The van der Waals surface area contributed by atoms with Gasteiger partial charge in [-0.05, 0) is 38.5 Å². The molecule has 0 aliphatic rings. The van der Waals surface area contributed by atoms with E-state index in [0.29, 0.717) is 32.1 Å². The van der Waals surface area contributed by atoms with Crippen molar-refractivity contribution in [2.24, 2.45) is 0 Å². The molecule has 0 aromatic heterocycles. The molecule has 0 saturated heterocycles. The number of alkyl carbamates (subject to hydrolysis) is 1. The molecule has 2 N–H and O–H groups in total. The SMILES string of the molecule is CC(C)(C)OC(=O)NCCOCCOc1ccc(CC(=O)O)cc1. The lowest BCUT2D eigenvalue weighted by Gasteiger charge is -2.19. The maximum atomic E-state index is 11.4. The van der Waals surface area contributed by atoms with Gasteiger partial charge in [-0.3, -0.25) is 4.79 Å². The molecule has 7 nitrogen and oxygen atoms in total. The molecule has 0 aliphatic heterocycles. The van der Waals surface area contributed by atoms with Gasteiger partial charge >= 0.3 is 12.1 Å². The number of carboxylic acids is 1. The number of amides is 1. The third-order valence-electron chi connectivity index (χ3n) is 2.69. The second-order valence-electron chi connectivity index (χ2n) is 6.10. The number of hydrogen-bond acceptors (Lipinski definition) is 5. The molecule has 0 heterocycles. The fourth-order valence-corrected chi connectivity index (χ4v) is 1.74. The Morgan fingerprint density at radius 2 is 1.75 bits per heavy atom. The molecule has 0 atom stereocenters. The molecule has 0 fully saturated rings. The van der Waals surface area contributed by atoms with Gasteiger partial charge in [0.25, 0.3) is 0 Å². The van der Waals surface area contributed by atoms with Gasteiger partial charge in [-0.15, -0.1) is 0 Å². The van der Waals surface area contributed by atoms with Crippen LogP contribution in [0.15, 0.2) is 24.3 Å². The van der Waals surface area contributed by atoms with Crippen molar-refractivity contribution in [3.8, 4) is 5.75 Å². The van der Waals surface area contributed by atoms with E-state index in [0.717, 1.165) is 5.56 Å². The van der Waals surface area contributed by atoms with Crippen LogP contribution in [0.2, 0.25) is 0 Å². The monoisotopic (exact) mass is 339 g/mol. The minimum absolute atomic E-state index is 0.00591. The molecule has 134 valence electrons. The molecule has 0 unspecified atom stereocenters. The molecular weight excluding hydrogens is 314 g/mol. The highest BCUT2D eigenvalue weighted by atomic mass is 16.6. The van der Waals surface area contributed by atoms with Gasteiger partial charge in [-0.25, -0.2) is 4.79 Å². The van der Waals surface area contributed by atoms with Gasteiger partial charge in [0.05, 0.1) is 19.6 Å². The average molecular weight is 339 g/mol. The van der Waals surface area contributed by atoms with Crippen molar-refractivity contribution in [1.82, 2.24) is 5.32 Å². The second-order valence-corrected chi connectivity index (χ2v) is 6.10. The first-order valence-corrected chi connectivity index (χ1v) is 7.74. The third-order valence-corrected chi connectivity index (χ3v) is 2.69. The first-order valence-electron chi connectivity index (χ1n) is 7.74. The Balaban J connectivity index is 2.08. The number of nitrogens with one attached hydrogen (secondary N) is 1. The maximum absolute atomic E-state index is 11.4. The van der Waals surface area contributed by atoms with Gasteiger partial charge in [-0.1, -0.05) is 12.1 Å². The van der Waals surface area contributed by atoms with E-state index in [2.05, 4.69) is 5.32 Å². The van der Waals surface area contributed by atoms with Crippen LogP contribution in [-0.2, 0) is 20.7 Å². The van der Waals surface area contributed by atoms with Crippen molar-refractivity contribution in [2.75, 3.05) is 26.4 Å². The van der Waals surface area contributed by atoms with Crippen LogP contribution in [0, 0.1) is 0 Å². The Labute approximate surface area is 141 Å². The van der Waals surface area contributed by atoms with Crippen molar-refractivity contribution in [1.29, 1.82) is 0 Å². The van der Waals surface area contributed by atoms with Crippen LogP contribution in [0.5, 0.6) is 5.75 Å². The molecule has 0 aliphatic carbocycles. The number of rotatable bonds is 9. The highest BCUT2D eigenvalue weighted by Crippen LogP contribution is 2.12. The number of benzene rings is 1. The number of aliphatic carboxylic acids is 1. The first kappa shape index (κ1) is 19.8. The van der Waals surface area contributed by atoms with Crippen LogP contribution in [0.4, 0.5) is 4.79 Å². The highest BCUT2D eigenvalue weighted by molar-refractivity contribution is 5.70. The Hall–Kier alpha value is -2.28. The quantitative estimate of drug-likeness (QED) is 0.670. The summed E-state index contributed by atoms with van der Waals surface area (Å²) in [4.78, 5) is 22.0. The van der Waals surface area contributed by atoms with Crippen molar-refractivity contribution in [2.45, 2.75) is 32.8 Å². The van der Waals surface area contributed by atoms with E-state index in [9.17, 15) is 9.59 Å². The predicted octanol–water partition coefficient (Wildman–Crippen LogP) is 2.23. The van der Waals surface area contributed by atoms with Gasteiger partial charge < -0.3 is 24.6 Å². The molecule has 1 aromatic rings. The topological polar surface area (TPSA) is 94.1 Å². The van der Waals surface area contributed by atoms with Crippen molar-refractivity contribution in [3.63, 3.8) is 0 Å². The fourth-order valence-electron chi connectivity index (χ4n) is 1.74. The molecule has 7 heteroatoms. The Kier molecular flexibility index (Phi) is 8.05. The van der Waals surface area contributed by atoms with Crippen molar-refractivity contribution in [3.05, 3.63) is 29.8 Å². The van der Waals surface area contributed by atoms with Gasteiger partial charge in [-0.2, -0.15) is 0 Å². The highest BCUT2D eigenvalue weighted by Gasteiger charge is 2.15. The second kappa shape index (κ2) is 9.77. The van der Waals surface area contributed by atoms with Crippen LogP contribution in [0.1, 0.15) is 26.3 Å². The summed E-state index contributed by atoms with van der Waals surface area (Å²) in [6.45, 7) is 6.87. The van der Waals surface area contributed by atoms with E-state index in [4.69, 9.17) is 19.3 Å². The van der Waals surface area contributed by atoms with Gasteiger partial charge in [0.1, 0.15) is 18.0 Å². The maximum Gasteiger partial charge on any atom is 0.407 e. The lowest BCUT2D eigenvalue weighted by Crippen LogP contribution is -2.34. The Morgan fingerprint density at radius 1 is 1.08 bits per heavy atom. The van der Waals surface area contributed by atoms with Crippen molar-refractivity contribution < 1.29 is 28.9 Å². The summed E-state index contributed by atoms with van der Waals surface area (Å²) in [5.74, 6) is -0.211. The lowest BCUT2D eigenvalue weighted by atomic mass is 10.1. The summed E-state index contributed by atoms with van der Waals surface area (Å²) >= 11 is 0. The molecular formula is C17H25NO6. The molecule has 1 aromatic carbocycles. The molecule has 1 amide bonds. The summed E-state index contributed by atoms with van der Waals surface area (Å²) < 4.78 is 15.9. The predicted molar refractivity (Wildman–Crippen MR) is 88.3 cm³/mol. The molecule has 1 rings (SSSR count). The Bertz CT molecular complexity index is 521. The summed E-state index contributed by atoms with van der Waals surface area (Å²) in [5.41, 5.74) is 0.207. The largest absolute Gasteiger partial charge is 0.491 e. The normalized spacial score (nSPS) is 11.0. The minimum Gasteiger partial charge on any atom is -0.491 e. The fraction of sp³-hybridized carbons (Fsp3) is 0.529. The number of carboxylic acid groups (broad SMARTS) is 1. The molecule has 0 saturated carbocycles. The van der Waals surface area contributed by atoms with E-state index < -0.39 is 17.7 Å². The van der Waals surface area contributed by atoms with Crippen LogP contribution in [0.3, 0.4) is 0 Å². The van der Waals surface area contributed by atoms with Crippen LogP contribution < -0.4 is 10.1 Å². The van der Waals surface area contributed by atoms with Gasteiger partial charge in [0.15, 0.2) is 0 Å². The number of ether oxygens (including phenoxy) is 3. The lowest BCUT2D eigenvalue weighted by molar-refractivity contribution is -0.136. The molecule has 24 heavy (non-hydrogen) atoms. The van der Waals surface area contributed by atoms with E-state index in [1.54, 1.807) is 45.0 Å². The smallest absolute Gasteiger partial charge is 0.407 e. The minimum atomic E-state index is -0.864. The number of carbonyl (C=O) groups excluding carboxylic acids is 1. The number of hydrogen-bond donors (Lipinski definition) is 2. The van der Waals surface area contributed by atoms with E-state index in [1.165, 1.54) is 0 Å².